The second kappa shape index (κ2) is 11.4. The van der Waals surface area contributed by atoms with Crippen molar-refractivity contribution in [2.75, 3.05) is 26.0 Å². The summed E-state index contributed by atoms with van der Waals surface area (Å²) in [5.74, 6) is 0.884. The van der Waals surface area contributed by atoms with E-state index in [1.165, 1.54) is 0 Å². The minimum Gasteiger partial charge on any atom is -0.383 e. The van der Waals surface area contributed by atoms with Crippen molar-refractivity contribution in [3.8, 4) is 0 Å². The Kier molecular flexibility index (Phi) is 8.15. The summed E-state index contributed by atoms with van der Waals surface area (Å²) in [5, 5.41) is 14.1. The smallest absolute Gasteiger partial charge is 0.220 e. The molecule has 7 nitrogen and oxygen atoms in total. The highest BCUT2D eigenvalue weighted by atomic mass is 35.5. The first kappa shape index (κ1) is 23.5. The van der Waals surface area contributed by atoms with E-state index in [9.17, 15) is 4.79 Å². The number of unbranched alkanes of at least 4 members (excludes halogenated alkanes) is 1. The van der Waals surface area contributed by atoms with Gasteiger partial charge in [0.05, 0.1) is 12.1 Å². The molecule has 0 radical (unpaired) electrons. The van der Waals surface area contributed by atoms with Crippen molar-refractivity contribution < 1.29 is 9.53 Å². The van der Waals surface area contributed by atoms with Gasteiger partial charge in [-0.1, -0.05) is 53.7 Å². The van der Waals surface area contributed by atoms with Crippen LogP contribution in [-0.4, -0.2) is 51.7 Å². The number of carbonyl (C=O) groups excluding carboxylic acids is 1. The molecule has 0 saturated heterocycles. The Morgan fingerprint density at radius 3 is 2.88 bits per heavy atom. The topological polar surface area (TPSA) is 81.9 Å². The molecule has 4 rings (SSSR count). The molecule has 0 spiro atoms. The van der Waals surface area contributed by atoms with Crippen molar-refractivity contribution in [2.24, 2.45) is 0 Å². The zero-order valence-corrected chi connectivity index (χ0v) is 20.0. The van der Waals surface area contributed by atoms with E-state index in [0.717, 1.165) is 46.2 Å². The highest BCUT2D eigenvalue weighted by Crippen LogP contribution is 2.28. The van der Waals surface area contributed by atoms with Crippen LogP contribution in [0.1, 0.15) is 24.8 Å². The third kappa shape index (κ3) is 6.01. The number of thioether (sulfide) groups is 1. The fourth-order valence-electron chi connectivity index (χ4n) is 3.66. The first-order valence-electron chi connectivity index (χ1n) is 10.9. The van der Waals surface area contributed by atoms with Crippen LogP contribution in [0.5, 0.6) is 0 Å². The summed E-state index contributed by atoms with van der Waals surface area (Å²) in [5.41, 5.74) is 3.77. The van der Waals surface area contributed by atoms with Gasteiger partial charge in [0, 0.05) is 42.8 Å². The quantitative estimate of drug-likeness (QED) is 0.246. The zero-order valence-electron chi connectivity index (χ0n) is 18.5. The van der Waals surface area contributed by atoms with Gasteiger partial charge >= 0.3 is 0 Å². The number of nitrogens with one attached hydrogen (secondary N) is 1. The Morgan fingerprint density at radius 1 is 1.15 bits per heavy atom. The van der Waals surface area contributed by atoms with Crippen molar-refractivity contribution >= 4 is 51.3 Å². The number of hydrogen-bond donors (Lipinski definition) is 1. The van der Waals surface area contributed by atoms with Gasteiger partial charge in [-0.15, -0.1) is 10.2 Å². The van der Waals surface area contributed by atoms with Gasteiger partial charge in [-0.25, -0.2) is 4.98 Å². The number of ether oxygens (including phenoxy) is 1. The molecule has 0 bridgehead atoms. The third-order valence-corrected chi connectivity index (χ3v) is 6.40. The average molecular weight is 484 g/mol. The fraction of sp³-hybridized carbons (Fsp3) is 0.333. The molecule has 1 N–H and O–H groups in total. The summed E-state index contributed by atoms with van der Waals surface area (Å²) >= 11 is 7.76. The molecular weight excluding hydrogens is 458 g/mol. The molecule has 2 heterocycles. The maximum atomic E-state index is 11.8. The van der Waals surface area contributed by atoms with Gasteiger partial charge in [0.1, 0.15) is 5.52 Å². The summed E-state index contributed by atoms with van der Waals surface area (Å²) in [4.78, 5) is 16.6. The third-order valence-electron chi connectivity index (χ3n) is 5.24. The molecule has 0 aliphatic carbocycles. The Balaban J connectivity index is 1.45. The summed E-state index contributed by atoms with van der Waals surface area (Å²) in [6, 6.07) is 16.0. The largest absolute Gasteiger partial charge is 0.383 e. The van der Waals surface area contributed by atoms with Gasteiger partial charge in [-0.05, 0) is 36.6 Å². The second-order valence-electron chi connectivity index (χ2n) is 7.65. The molecule has 0 atom stereocenters. The first-order valence-corrected chi connectivity index (χ1v) is 12.3. The van der Waals surface area contributed by atoms with E-state index in [0.29, 0.717) is 36.3 Å². The summed E-state index contributed by atoms with van der Waals surface area (Å²) < 4.78 is 7.10. The van der Waals surface area contributed by atoms with E-state index in [2.05, 4.69) is 32.2 Å². The minimum atomic E-state index is 0.0573. The number of rotatable bonds is 11. The number of halogens is 1. The number of aromatic nitrogens is 4. The molecule has 0 unspecified atom stereocenters. The second-order valence-corrected chi connectivity index (χ2v) is 9.15. The lowest BCUT2D eigenvalue weighted by Gasteiger charge is -2.08. The lowest BCUT2D eigenvalue weighted by atomic mass is 10.2. The maximum Gasteiger partial charge on any atom is 0.220 e. The van der Waals surface area contributed by atoms with Crippen LogP contribution < -0.4 is 5.32 Å². The van der Waals surface area contributed by atoms with Gasteiger partial charge in [0.15, 0.2) is 5.65 Å². The molecule has 0 aliphatic rings. The number of carbonyl (C=O) groups is 1. The first-order chi connectivity index (χ1) is 16.2. The molecule has 2 aromatic heterocycles. The molecule has 2 aromatic carbocycles. The van der Waals surface area contributed by atoms with Gasteiger partial charge < -0.3 is 14.6 Å². The SMILES string of the molecule is COCCNC(=O)CCCCSc1nnc2c3ccccc3n(Cc3cccc(Cl)c3)c2n1. The van der Waals surface area contributed by atoms with Crippen LogP contribution in [0.3, 0.4) is 0 Å². The number of para-hydroxylation sites is 1. The maximum absolute atomic E-state index is 11.8. The normalized spacial score (nSPS) is 11.3. The van der Waals surface area contributed by atoms with E-state index in [4.69, 9.17) is 21.3 Å². The molecule has 4 aromatic rings. The fourth-order valence-corrected chi connectivity index (χ4v) is 4.65. The van der Waals surface area contributed by atoms with Crippen LogP contribution in [-0.2, 0) is 16.1 Å². The highest BCUT2D eigenvalue weighted by Gasteiger charge is 2.15. The predicted molar refractivity (Wildman–Crippen MR) is 133 cm³/mol. The van der Waals surface area contributed by atoms with Crippen molar-refractivity contribution in [1.29, 1.82) is 0 Å². The predicted octanol–water partition coefficient (Wildman–Crippen LogP) is 4.71. The van der Waals surface area contributed by atoms with E-state index < -0.39 is 0 Å². The number of amides is 1. The van der Waals surface area contributed by atoms with Crippen LogP contribution in [0.25, 0.3) is 22.1 Å². The number of hydrogen-bond acceptors (Lipinski definition) is 6. The van der Waals surface area contributed by atoms with Crippen LogP contribution in [0.15, 0.2) is 53.7 Å². The minimum absolute atomic E-state index is 0.0573. The van der Waals surface area contributed by atoms with E-state index in [1.807, 2.05) is 36.4 Å². The Morgan fingerprint density at radius 2 is 2.03 bits per heavy atom. The van der Waals surface area contributed by atoms with Crippen molar-refractivity contribution in [2.45, 2.75) is 31.0 Å². The molecule has 9 heteroatoms. The molecule has 33 heavy (non-hydrogen) atoms. The lowest BCUT2D eigenvalue weighted by molar-refractivity contribution is -0.121. The Hall–Kier alpha value is -2.68. The van der Waals surface area contributed by atoms with E-state index in [1.54, 1.807) is 18.9 Å². The Labute approximate surface area is 201 Å². The molecular formula is C24H26ClN5O2S. The molecule has 172 valence electrons. The number of fused-ring (bicyclic) bond motifs is 3. The summed E-state index contributed by atoms with van der Waals surface area (Å²) in [6.07, 6.45) is 2.22. The zero-order chi connectivity index (χ0) is 23.0. The molecule has 1 amide bonds. The summed E-state index contributed by atoms with van der Waals surface area (Å²) in [7, 11) is 1.62. The van der Waals surface area contributed by atoms with E-state index >= 15 is 0 Å². The number of nitrogens with zero attached hydrogens (tertiary/aromatic N) is 4. The molecule has 0 aliphatic heterocycles. The van der Waals surface area contributed by atoms with Crippen LogP contribution >= 0.6 is 23.4 Å². The van der Waals surface area contributed by atoms with Crippen LogP contribution in [0, 0.1) is 0 Å². The van der Waals surface area contributed by atoms with Crippen LogP contribution in [0.4, 0.5) is 0 Å². The number of methoxy groups -OCH3 is 1. The van der Waals surface area contributed by atoms with Crippen molar-refractivity contribution in [1.82, 2.24) is 25.1 Å². The Bertz CT molecular complexity index is 1250. The van der Waals surface area contributed by atoms with Gasteiger partial charge in [0.25, 0.3) is 0 Å². The van der Waals surface area contributed by atoms with Crippen molar-refractivity contribution in [3.63, 3.8) is 0 Å². The molecule has 0 fully saturated rings. The van der Waals surface area contributed by atoms with Gasteiger partial charge in [-0.3, -0.25) is 4.79 Å². The number of benzene rings is 2. The highest BCUT2D eigenvalue weighted by molar-refractivity contribution is 7.99. The molecule has 0 saturated carbocycles. The van der Waals surface area contributed by atoms with Crippen LogP contribution in [0.2, 0.25) is 5.02 Å². The van der Waals surface area contributed by atoms with Crippen molar-refractivity contribution in [3.05, 3.63) is 59.1 Å². The average Bonchev–Trinajstić information content (AvgIpc) is 3.12. The monoisotopic (exact) mass is 483 g/mol. The van der Waals surface area contributed by atoms with E-state index in [-0.39, 0.29) is 5.91 Å². The van der Waals surface area contributed by atoms with Gasteiger partial charge in [0.2, 0.25) is 11.1 Å². The van der Waals surface area contributed by atoms with Gasteiger partial charge in [-0.2, -0.15) is 0 Å². The standard InChI is InChI=1S/C24H26ClN5O2S/c1-32-13-12-26-21(31)11-4-5-14-33-24-27-23-22(28-29-24)19-9-2-3-10-20(19)30(23)16-17-7-6-8-18(25)15-17/h2-3,6-10,15H,4-5,11-14,16H2,1H3,(H,26,31). The summed E-state index contributed by atoms with van der Waals surface area (Å²) in [6.45, 7) is 1.72. The lowest BCUT2D eigenvalue weighted by Crippen LogP contribution is -2.26.